The van der Waals surface area contributed by atoms with Crippen molar-refractivity contribution in [1.29, 1.82) is 0 Å². The van der Waals surface area contributed by atoms with Crippen molar-refractivity contribution < 1.29 is 18.1 Å². The Balaban J connectivity index is 0. The molecular weight excluding hydrogens is 251 g/mol. The molecule has 0 saturated carbocycles. The van der Waals surface area contributed by atoms with E-state index in [1.54, 1.807) is 0 Å². The number of rotatable bonds is 10. The zero-order valence-electron chi connectivity index (χ0n) is 10.1. The van der Waals surface area contributed by atoms with Crippen LogP contribution in [0.5, 0.6) is 0 Å². The van der Waals surface area contributed by atoms with E-state index < -0.39 is 22.0 Å². The van der Waals surface area contributed by atoms with Crippen LogP contribution < -0.4 is 0 Å². The molecule has 0 aromatic heterocycles. The summed E-state index contributed by atoms with van der Waals surface area (Å²) in [5.41, 5.74) is 0. The van der Waals surface area contributed by atoms with Gasteiger partial charge in [0.15, 0.2) is 0 Å². The summed E-state index contributed by atoms with van der Waals surface area (Å²) in [6, 6.07) is 0. The van der Waals surface area contributed by atoms with Crippen LogP contribution in [0.3, 0.4) is 0 Å². The van der Waals surface area contributed by atoms with Gasteiger partial charge in [-0.1, -0.05) is 51.9 Å². The fourth-order valence-corrected chi connectivity index (χ4v) is 2.32. The summed E-state index contributed by atoms with van der Waals surface area (Å²) in [5.74, 6) is -0.539. The van der Waals surface area contributed by atoms with Gasteiger partial charge in [0.25, 0.3) is 10.1 Å². The molecule has 1 atom stereocenters. The average molecular weight is 276 g/mol. The average Bonchev–Trinajstić information content (AvgIpc) is 2.13. The van der Waals surface area contributed by atoms with Gasteiger partial charge >= 0.3 is 29.6 Å². The van der Waals surface area contributed by atoms with E-state index in [1.165, 1.54) is 25.7 Å². The second-order valence-electron chi connectivity index (χ2n) is 4.31. The van der Waals surface area contributed by atoms with Gasteiger partial charge in [-0.3, -0.25) is 4.55 Å². The van der Waals surface area contributed by atoms with Gasteiger partial charge in [-0.15, -0.1) is 0 Å². The first-order chi connectivity index (χ1) is 7.45. The minimum atomic E-state index is -4.03. The van der Waals surface area contributed by atoms with Gasteiger partial charge in [-0.2, -0.15) is 8.42 Å². The molecule has 100 valence electrons. The molecule has 0 amide bonds. The number of aliphatic hydroxyl groups excluding tert-OH is 1. The second-order valence-corrected chi connectivity index (χ2v) is 5.81. The van der Waals surface area contributed by atoms with Crippen LogP contribution in [0.1, 0.15) is 58.3 Å². The van der Waals surface area contributed by atoms with E-state index in [-0.39, 0.29) is 29.6 Å². The quantitative estimate of drug-likeness (QED) is 0.362. The van der Waals surface area contributed by atoms with Gasteiger partial charge < -0.3 is 5.11 Å². The molecule has 1 unspecified atom stereocenters. The van der Waals surface area contributed by atoms with Crippen molar-refractivity contribution in [2.24, 2.45) is 0 Å². The molecule has 0 spiro atoms. The Morgan fingerprint density at radius 3 is 1.94 bits per heavy atom. The predicted octanol–water partition coefficient (Wildman–Crippen LogP) is 1.73. The van der Waals surface area contributed by atoms with Crippen LogP contribution in [0.25, 0.3) is 0 Å². The van der Waals surface area contributed by atoms with Crippen LogP contribution in [0.4, 0.5) is 0 Å². The van der Waals surface area contributed by atoms with Gasteiger partial charge in [0.05, 0.1) is 6.10 Å². The number of aliphatic hydroxyl groups is 1. The fourth-order valence-electron chi connectivity index (χ4n) is 1.66. The molecule has 0 aromatic carbocycles. The van der Waals surface area contributed by atoms with E-state index >= 15 is 0 Å². The van der Waals surface area contributed by atoms with Gasteiger partial charge in [0.2, 0.25) is 0 Å². The number of hydrogen-bond acceptors (Lipinski definition) is 3. The second kappa shape index (κ2) is 11.9. The molecule has 0 aliphatic rings. The topological polar surface area (TPSA) is 74.6 Å². The normalized spacial score (nSPS) is 13.1. The summed E-state index contributed by atoms with van der Waals surface area (Å²) in [5, 5.41) is 9.29. The van der Waals surface area contributed by atoms with Gasteiger partial charge in [0.1, 0.15) is 5.75 Å². The standard InChI is InChI=1S/C11H24O4S.Na.H/c1-2-3-4-5-6-7-8-9-11(12)10-16(13,14)15;;/h11-12H,2-10H2,1H3,(H,13,14,15);;. The third kappa shape index (κ3) is 16.9. The molecule has 0 rings (SSSR count). The Morgan fingerprint density at radius 1 is 1.00 bits per heavy atom. The monoisotopic (exact) mass is 276 g/mol. The van der Waals surface area contributed by atoms with Gasteiger partial charge in [-0.25, -0.2) is 0 Å². The SMILES string of the molecule is CCCCCCCCCC(O)CS(=O)(=O)O.[NaH]. The third-order valence-corrected chi connectivity index (χ3v) is 3.35. The molecule has 0 aliphatic carbocycles. The molecule has 0 bridgehead atoms. The molecule has 0 aliphatic heterocycles. The fraction of sp³-hybridized carbons (Fsp3) is 1.00. The van der Waals surface area contributed by atoms with Crippen molar-refractivity contribution in [1.82, 2.24) is 0 Å². The molecule has 0 radical (unpaired) electrons. The summed E-state index contributed by atoms with van der Waals surface area (Å²) in [7, 11) is -4.03. The zero-order chi connectivity index (χ0) is 12.4. The Kier molecular flexibility index (Phi) is 14.2. The van der Waals surface area contributed by atoms with Crippen LogP contribution in [-0.4, -0.2) is 59.5 Å². The molecule has 0 fully saturated rings. The maximum atomic E-state index is 10.4. The van der Waals surface area contributed by atoms with E-state index in [0.717, 1.165) is 19.3 Å². The van der Waals surface area contributed by atoms with Crippen LogP contribution in [-0.2, 0) is 10.1 Å². The maximum absolute atomic E-state index is 10.4. The Hall–Kier alpha value is 0.870. The van der Waals surface area contributed by atoms with Crippen molar-refractivity contribution in [2.45, 2.75) is 64.4 Å². The minimum absolute atomic E-state index is 0. The number of hydrogen-bond donors (Lipinski definition) is 2. The summed E-state index contributed by atoms with van der Waals surface area (Å²) >= 11 is 0. The molecule has 6 heteroatoms. The molecule has 17 heavy (non-hydrogen) atoms. The van der Waals surface area contributed by atoms with Gasteiger partial charge in [-0.05, 0) is 6.42 Å². The van der Waals surface area contributed by atoms with E-state index in [0.29, 0.717) is 6.42 Å². The Bertz CT molecular complexity index is 254. The zero-order valence-corrected chi connectivity index (χ0v) is 10.9. The molecule has 0 heterocycles. The van der Waals surface area contributed by atoms with Crippen LogP contribution >= 0.6 is 0 Å². The molecule has 2 N–H and O–H groups in total. The van der Waals surface area contributed by atoms with Crippen molar-refractivity contribution in [3.05, 3.63) is 0 Å². The molecular formula is C11H25NaO4S. The predicted molar refractivity (Wildman–Crippen MR) is 72.2 cm³/mol. The molecule has 0 aromatic rings. The van der Waals surface area contributed by atoms with Crippen molar-refractivity contribution >= 4 is 39.7 Å². The van der Waals surface area contributed by atoms with E-state index in [1.807, 2.05) is 0 Å². The molecule has 0 saturated heterocycles. The summed E-state index contributed by atoms with van der Waals surface area (Å²) in [6.07, 6.45) is 7.47. The molecule has 4 nitrogen and oxygen atoms in total. The van der Waals surface area contributed by atoms with E-state index in [4.69, 9.17) is 4.55 Å². The van der Waals surface area contributed by atoms with Gasteiger partial charge in [0, 0.05) is 0 Å². The first kappa shape index (κ1) is 20.2. The van der Waals surface area contributed by atoms with Crippen molar-refractivity contribution in [3.8, 4) is 0 Å². The first-order valence-electron chi connectivity index (χ1n) is 6.09. The Labute approximate surface area is 127 Å². The van der Waals surface area contributed by atoms with Crippen molar-refractivity contribution in [3.63, 3.8) is 0 Å². The van der Waals surface area contributed by atoms with Crippen LogP contribution in [0, 0.1) is 0 Å². The Morgan fingerprint density at radius 2 is 1.47 bits per heavy atom. The van der Waals surface area contributed by atoms with Crippen LogP contribution in [0.2, 0.25) is 0 Å². The van der Waals surface area contributed by atoms with E-state index in [9.17, 15) is 13.5 Å². The van der Waals surface area contributed by atoms with Crippen LogP contribution in [0.15, 0.2) is 0 Å². The first-order valence-corrected chi connectivity index (χ1v) is 7.70. The summed E-state index contributed by atoms with van der Waals surface area (Å²) in [4.78, 5) is 0. The van der Waals surface area contributed by atoms with Crippen molar-refractivity contribution in [2.75, 3.05) is 5.75 Å². The third-order valence-electron chi connectivity index (χ3n) is 2.54. The summed E-state index contributed by atoms with van der Waals surface area (Å²) in [6.45, 7) is 2.17. The summed E-state index contributed by atoms with van der Waals surface area (Å²) < 4.78 is 29.4. The number of unbranched alkanes of at least 4 members (excludes halogenated alkanes) is 6. The van der Waals surface area contributed by atoms with E-state index in [2.05, 4.69) is 6.92 Å².